The van der Waals surface area contributed by atoms with Gasteiger partial charge in [-0.2, -0.15) is 0 Å². The van der Waals surface area contributed by atoms with E-state index in [0.29, 0.717) is 12.0 Å². The van der Waals surface area contributed by atoms with Crippen molar-refractivity contribution in [2.24, 2.45) is 5.92 Å². The molecule has 1 saturated heterocycles. The van der Waals surface area contributed by atoms with Crippen molar-refractivity contribution in [3.8, 4) is 11.5 Å². The number of rotatable bonds is 4. The van der Waals surface area contributed by atoms with E-state index in [4.69, 9.17) is 4.74 Å². The number of ether oxygens (including phenoxy) is 1. The van der Waals surface area contributed by atoms with Crippen molar-refractivity contribution in [3.05, 3.63) is 23.8 Å². The van der Waals surface area contributed by atoms with Gasteiger partial charge in [-0.25, -0.2) is 0 Å². The molecule has 3 atom stereocenters. The number of nitrogens with one attached hydrogen (secondary N) is 1. The summed E-state index contributed by atoms with van der Waals surface area (Å²) in [5, 5.41) is 22.6. The molecule has 1 heterocycles. The van der Waals surface area contributed by atoms with E-state index < -0.39 is 0 Å². The van der Waals surface area contributed by atoms with Crippen molar-refractivity contribution in [2.45, 2.75) is 32.4 Å². The molecule has 100 valence electrons. The second-order valence-corrected chi connectivity index (χ2v) is 5.04. The standard InChI is InChI=1S/C14H21NO3/c1-9(11-5-6-18-8-11)15-10(2)13-4-3-12(16)7-14(13)17/h3-4,7,9-11,15-17H,5-6,8H2,1-2H3. The van der Waals surface area contributed by atoms with Crippen LogP contribution in [0.1, 0.15) is 31.9 Å². The number of benzene rings is 1. The summed E-state index contributed by atoms with van der Waals surface area (Å²) in [6.07, 6.45) is 1.09. The van der Waals surface area contributed by atoms with E-state index in [-0.39, 0.29) is 17.5 Å². The Labute approximate surface area is 108 Å². The smallest absolute Gasteiger partial charge is 0.124 e. The van der Waals surface area contributed by atoms with Crippen LogP contribution >= 0.6 is 0 Å². The van der Waals surface area contributed by atoms with Gasteiger partial charge in [0.25, 0.3) is 0 Å². The first-order chi connectivity index (χ1) is 8.58. The zero-order chi connectivity index (χ0) is 13.1. The molecule has 3 N–H and O–H groups in total. The van der Waals surface area contributed by atoms with Gasteiger partial charge in [-0.15, -0.1) is 0 Å². The lowest BCUT2D eigenvalue weighted by Crippen LogP contribution is -2.35. The van der Waals surface area contributed by atoms with Crippen LogP contribution in [0.2, 0.25) is 0 Å². The summed E-state index contributed by atoms with van der Waals surface area (Å²) in [6, 6.07) is 5.10. The zero-order valence-corrected chi connectivity index (χ0v) is 10.9. The van der Waals surface area contributed by atoms with E-state index in [9.17, 15) is 10.2 Å². The highest BCUT2D eigenvalue weighted by Crippen LogP contribution is 2.29. The highest BCUT2D eigenvalue weighted by atomic mass is 16.5. The van der Waals surface area contributed by atoms with E-state index >= 15 is 0 Å². The van der Waals surface area contributed by atoms with Crippen LogP contribution in [0, 0.1) is 5.92 Å². The van der Waals surface area contributed by atoms with E-state index in [1.54, 1.807) is 12.1 Å². The minimum atomic E-state index is 0.0428. The fraction of sp³-hybridized carbons (Fsp3) is 0.571. The Morgan fingerprint density at radius 2 is 2.11 bits per heavy atom. The average molecular weight is 251 g/mol. The first-order valence-corrected chi connectivity index (χ1v) is 6.43. The second-order valence-electron chi connectivity index (χ2n) is 5.04. The van der Waals surface area contributed by atoms with Crippen LogP contribution in [-0.2, 0) is 4.74 Å². The number of hydrogen-bond acceptors (Lipinski definition) is 4. The lowest BCUT2D eigenvalue weighted by Gasteiger charge is -2.24. The molecule has 4 heteroatoms. The number of aromatic hydroxyl groups is 2. The molecular weight excluding hydrogens is 230 g/mol. The van der Waals surface area contributed by atoms with Crippen LogP contribution in [0.25, 0.3) is 0 Å². The van der Waals surface area contributed by atoms with Gasteiger partial charge >= 0.3 is 0 Å². The molecule has 0 aromatic heterocycles. The molecule has 1 aromatic rings. The quantitative estimate of drug-likeness (QED) is 0.767. The summed E-state index contributed by atoms with van der Waals surface area (Å²) in [6.45, 7) is 5.81. The molecule has 18 heavy (non-hydrogen) atoms. The van der Waals surface area contributed by atoms with Gasteiger partial charge in [0.05, 0.1) is 6.61 Å². The normalized spacial score (nSPS) is 22.9. The van der Waals surface area contributed by atoms with E-state index in [1.807, 2.05) is 6.92 Å². The molecule has 0 radical (unpaired) electrons. The predicted molar refractivity (Wildman–Crippen MR) is 69.7 cm³/mol. The van der Waals surface area contributed by atoms with Crippen molar-refractivity contribution in [1.29, 1.82) is 0 Å². The maximum atomic E-state index is 9.82. The first-order valence-electron chi connectivity index (χ1n) is 6.43. The van der Waals surface area contributed by atoms with E-state index in [1.165, 1.54) is 6.07 Å². The molecule has 4 nitrogen and oxygen atoms in total. The highest BCUT2D eigenvalue weighted by Gasteiger charge is 2.24. The fourth-order valence-corrected chi connectivity index (χ4v) is 2.47. The van der Waals surface area contributed by atoms with Crippen LogP contribution in [0.4, 0.5) is 0 Å². The van der Waals surface area contributed by atoms with Gasteiger partial charge in [-0.1, -0.05) is 6.07 Å². The van der Waals surface area contributed by atoms with Gasteiger partial charge in [0.2, 0.25) is 0 Å². The fourth-order valence-electron chi connectivity index (χ4n) is 2.47. The molecule has 0 amide bonds. The maximum absolute atomic E-state index is 9.82. The van der Waals surface area contributed by atoms with Gasteiger partial charge in [-0.3, -0.25) is 0 Å². The molecule has 0 aliphatic carbocycles. The zero-order valence-electron chi connectivity index (χ0n) is 10.9. The molecule has 1 aromatic carbocycles. The minimum Gasteiger partial charge on any atom is -0.508 e. The number of hydrogen-bond donors (Lipinski definition) is 3. The largest absolute Gasteiger partial charge is 0.508 e. The van der Waals surface area contributed by atoms with Crippen LogP contribution in [-0.4, -0.2) is 29.5 Å². The van der Waals surface area contributed by atoms with Crippen LogP contribution in [0.15, 0.2) is 18.2 Å². The molecule has 2 rings (SSSR count). The molecule has 1 aliphatic rings. The molecule has 1 fully saturated rings. The summed E-state index contributed by atoms with van der Waals surface area (Å²) < 4.78 is 5.38. The molecular formula is C14H21NO3. The van der Waals surface area contributed by atoms with Gasteiger partial charge in [0.15, 0.2) is 0 Å². The topological polar surface area (TPSA) is 61.7 Å². The minimum absolute atomic E-state index is 0.0428. The lowest BCUT2D eigenvalue weighted by molar-refractivity contribution is 0.177. The third-order valence-electron chi connectivity index (χ3n) is 3.67. The van der Waals surface area contributed by atoms with Crippen molar-refractivity contribution in [1.82, 2.24) is 5.32 Å². The first kappa shape index (κ1) is 13.2. The van der Waals surface area contributed by atoms with Crippen LogP contribution < -0.4 is 5.32 Å². The monoisotopic (exact) mass is 251 g/mol. The van der Waals surface area contributed by atoms with Crippen molar-refractivity contribution in [3.63, 3.8) is 0 Å². The maximum Gasteiger partial charge on any atom is 0.124 e. The summed E-state index contributed by atoms with van der Waals surface area (Å²) in [5.74, 6) is 0.747. The molecule has 1 aliphatic heterocycles. The van der Waals surface area contributed by atoms with E-state index in [0.717, 1.165) is 25.2 Å². The predicted octanol–water partition coefficient (Wildman–Crippen LogP) is 2.17. The summed E-state index contributed by atoms with van der Waals surface area (Å²) in [5.41, 5.74) is 0.804. The summed E-state index contributed by atoms with van der Waals surface area (Å²) in [7, 11) is 0. The molecule has 3 unspecified atom stereocenters. The molecule has 0 bridgehead atoms. The van der Waals surface area contributed by atoms with Gasteiger partial charge in [-0.05, 0) is 32.3 Å². The Kier molecular flexibility index (Phi) is 4.09. The molecule has 0 spiro atoms. The highest BCUT2D eigenvalue weighted by molar-refractivity contribution is 5.40. The van der Waals surface area contributed by atoms with Crippen LogP contribution in [0.3, 0.4) is 0 Å². The Morgan fingerprint density at radius 3 is 2.72 bits per heavy atom. The Hall–Kier alpha value is -1.26. The summed E-state index contributed by atoms with van der Waals surface area (Å²) >= 11 is 0. The van der Waals surface area contributed by atoms with E-state index in [2.05, 4.69) is 12.2 Å². The second kappa shape index (κ2) is 5.59. The average Bonchev–Trinajstić information content (AvgIpc) is 2.81. The Morgan fingerprint density at radius 1 is 1.33 bits per heavy atom. The van der Waals surface area contributed by atoms with Crippen molar-refractivity contribution < 1.29 is 14.9 Å². The number of phenols is 2. The number of phenolic OH excluding ortho intramolecular Hbond substituents is 2. The van der Waals surface area contributed by atoms with Crippen LogP contribution in [0.5, 0.6) is 11.5 Å². The lowest BCUT2D eigenvalue weighted by atomic mass is 9.98. The summed E-state index contributed by atoms with van der Waals surface area (Å²) in [4.78, 5) is 0. The van der Waals surface area contributed by atoms with Crippen molar-refractivity contribution in [2.75, 3.05) is 13.2 Å². The van der Waals surface area contributed by atoms with Gasteiger partial charge < -0.3 is 20.3 Å². The van der Waals surface area contributed by atoms with Gasteiger partial charge in [0, 0.05) is 30.3 Å². The third kappa shape index (κ3) is 2.94. The van der Waals surface area contributed by atoms with Crippen molar-refractivity contribution >= 4 is 0 Å². The van der Waals surface area contributed by atoms with Gasteiger partial charge in [0.1, 0.15) is 11.5 Å². The Balaban J connectivity index is 2.00. The third-order valence-corrected chi connectivity index (χ3v) is 3.67. The Bertz CT molecular complexity index is 402. The molecule has 0 saturated carbocycles. The SMILES string of the molecule is CC(NC(C)C1CCOC1)c1ccc(O)cc1O.